The number of hydrogen-bond donors (Lipinski definition) is 2. The number of nitrogens with one attached hydrogen (secondary N) is 2. The molecule has 5 nitrogen and oxygen atoms in total. The van der Waals surface area contributed by atoms with Gasteiger partial charge in [-0.1, -0.05) is 26.2 Å². The molecule has 2 fully saturated rings. The van der Waals surface area contributed by atoms with E-state index in [1.54, 1.807) is 7.05 Å². The molecular formula is C15H31N3O2S. The first kappa shape index (κ1) is 17.2. The van der Waals surface area contributed by atoms with Crippen molar-refractivity contribution in [2.75, 3.05) is 26.7 Å². The molecule has 2 N–H and O–H groups in total. The van der Waals surface area contributed by atoms with E-state index in [1.807, 2.05) is 0 Å². The van der Waals surface area contributed by atoms with Gasteiger partial charge in [0, 0.05) is 26.2 Å². The van der Waals surface area contributed by atoms with Crippen LogP contribution in [-0.4, -0.2) is 45.4 Å². The standard InChI is InChI=1S/C15H31N3O2S/c1-13-6-3-4-7-14(13)12-17-21(19,20)18(2)11-5-10-16-15-8-9-15/h13-17H,3-12H2,1-2H3. The second-order valence-corrected chi connectivity index (χ2v) is 8.64. The molecule has 0 aliphatic heterocycles. The van der Waals surface area contributed by atoms with E-state index in [-0.39, 0.29) is 0 Å². The van der Waals surface area contributed by atoms with E-state index in [2.05, 4.69) is 17.0 Å². The molecule has 2 aliphatic rings. The van der Waals surface area contributed by atoms with Gasteiger partial charge in [-0.25, -0.2) is 4.72 Å². The summed E-state index contributed by atoms with van der Waals surface area (Å²) in [7, 11) is -1.64. The molecule has 0 aromatic carbocycles. The minimum absolute atomic E-state index is 0.499. The van der Waals surface area contributed by atoms with E-state index < -0.39 is 10.2 Å². The molecule has 0 aromatic heterocycles. The predicted octanol–water partition coefficient (Wildman–Crippen LogP) is 1.72. The molecule has 0 heterocycles. The second kappa shape index (κ2) is 7.90. The van der Waals surface area contributed by atoms with Crippen molar-refractivity contribution >= 4 is 10.2 Å². The van der Waals surface area contributed by atoms with Crippen LogP contribution in [0.2, 0.25) is 0 Å². The number of hydrogen-bond acceptors (Lipinski definition) is 3. The molecule has 2 unspecified atom stereocenters. The van der Waals surface area contributed by atoms with Gasteiger partial charge in [0.1, 0.15) is 0 Å². The molecule has 2 saturated carbocycles. The van der Waals surface area contributed by atoms with Crippen molar-refractivity contribution in [1.29, 1.82) is 0 Å². The van der Waals surface area contributed by atoms with Crippen molar-refractivity contribution in [3.05, 3.63) is 0 Å². The summed E-state index contributed by atoms with van der Waals surface area (Å²) < 4.78 is 28.7. The normalized spacial score (nSPS) is 27.2. The first-order valence-electron chi connectivity index (χ1n) is 8.43. The van der Waals surface area contributed by atoms with Crippen LogP contribution in [0.3, 0.4) is 0 Å². The van der Waals surface area contributed by atoms with E-state index in [4.69, 9.17) is 0 Å². The van der Waals surface area contributed by atoms with Crippen molar-refractivity contribution < 1.29 is 8.42 Å². The summed E-state index contributed by atoms with van der Waals surface area (Å²) in [6.07, 6.45) is 8.32. The Morgan fingerprint density at radius 2 is 1.86 bits per heavy atom. The zero-order chi connectivity index (χ0) is 15.3. The third kappa shape index (κ3) is 5.85. The highest BCUT2D eigenvalue weighted by Crippen LogP contribution is 2.29. The van der Waals surface area contributed by atoms with Crippen LogP contribution < -0.4 is 10.0 Å². The van der Waals surface area contributed by atoms with Gasteiger partial charge in [-0.15, -0.1) is 0 Å². The summed E-state index contributed by atoms with van der Waals surface area (Å²) in [5.41, 5.74) is 0. The molecule has 21 heavy (non-hydrogen) atoms. The van der Waals surface area contributed by atoms with Crippen LogP contribution in [0.15, 0.2) is 0 Å². The Kier molecular flexibility index (Phi) is 6.47. The molecule has 124 valence electrons. The molecule has 0 bridgehead atoms. The van der Waals surface area contributed by atoms with E-state index in [0.29, 0.717) is 31.0 Å². The largest absolute Gasteiger partial charge is 0.314 e. The van der Waals surface area contributed by atoms with Crippen LogP contribution in [0.5, 0.6) is 0 Å². The van der Waals surface area contributed by atoms with Gasteiger partial charge in [-0.05, 0) is 44.1 Å². The summed E-state index contributed by atoms with van der Waals surface area (Å²) in [5.74, 6) is 1.13. The fraction of sp³-hybridized carbons (Fsp3) is 1.00. The highest BCUT2D eigenvalue weighted by Gasteiger charge is 2.25. The van der Waals surface area contributed by atoms with Gasteiger partial charge in [0.05, 0.1) is 0 Å². The predicted molar refractivity (Wildman–Crippen MR) is 86.3 cm³/mol. The summed E-state index contributed by atoms with van der Waals surface area (Å²) in [6, 6.07) is 0.692. The van der Waals surface area contributed by atoms with Gasteiger partial charge in [0.25, 0.3) is 10.2 Å². The Morgan fingerprint density at radius 1 is 1.14 bits per heavy atom. The molecule has 0 saturated heterocycles. The highest BCUT2D eigenvalue weighted by molar-refractivity contribution is 7.87. The first-order valence-corrected chi connectivity index (χ1v) is 9.87. The quantitative estimate of drug-likeness (QED) is 0.637. The molecule has 6 heteroatoms. The van der Waals surface area contributed by atoms with Crippen molar-refractivity contribution in [1.82, 2.24) is 14.3 Å². The first-order chi connectivity index (χ1) is 9.99. The maximum atomic E-state index is 12.2. The lowest BCUT2D eigenvalue weighted by Gasteiger charge is -2.29. The van der Waals surface area contributed by atoms with Crippen molar-refractivity contribution in [3.8, 4) is 0 Å². The lowest BCUT2D eigenvalue weighted by molar-refractivity contribution is 0.256. The number of nitrogens with zero attached hydrogens (tertiary/aromatic N) is 1. The molecular weight excluding hydrogens is 286 g/mol. The van der Waals surface area contributed by atoms with Crippen molar-refractivity contribution in [3.63, 3.8) is 0 Å². The van der Waals surface area contributed by atoms with Crippen LogP contribution in [0, 0.1) is 11.8 Å². The smallest absolute Gasteiger partial charge is 0.279 e. The van der Waals surface area contributed by atoms with Gasteiger partial charge in [0.15, 0.2) is 0 Å². The third-order valence-electron chi connectivity index (χ3n) is 4.89. The number of rotatable bonds is 9. The molecule has 2 rings (SSSR count). The van der Waals surface area contributed by atoms with Crippen LogP contribution in [0.4, 0.5) is 0 Å². The maximum absolute atomic E-state index is 12.2. The Labute approximate surface area is 130 Å². The summed E-state index contributed by atoms with van der Waals surface area (Å²) >= 11 is 0. The van der Waals surface area contributed by atoms with Gasteiger partial charge < -0.3 is 5.32 Å². The average molecular weight is 317 g/mol. The van der Waals surface area contributed by atoms with Crippen molar-refractivity contribution in [2.24, 2.45) is 11.8 Å². The summed E-state index contributed by atoms with van der Waals surface area (Å²) in [6.45, 7) is 4.32. The Hall–Kier alpha value is -0.170. The van der Waals surface area contributed by atoms with E-state index in [0.717, 1.165) is 19.4 Å². The Balaban J connectivity index is 1.66. The summed E-state index contributed by atoms with van der Waals surface area (Å²) in [4.78, 5) is 0. The molecule has 2 aliphatic carbocycles. The summed E-state index contributed by atoms with van der Waals surface area (Å²) in [5, 5.41) is 3.41. The van der Waals surface area contributed by atoms with Crippen LogP contribution in [0.1, 0.15) is 51.9 Å². The van der Waals surface area contributed by atoms with E-state index in [9.17, 15) is 8.42 Å². The maximum Gasteiger partial charge on any atom is 0.279 e. The zero-order valence-corrected chi connectivity index (χ0v) is 14.3. The van der Waals surface area contributed by atoms with Crippen LogP contribution >= 0.6 is 0 Å². The molecule has 0 spiro atoms. The van der Waals surface area contributed by atoms with Gasteiger partial charge in [0.2, 0.25) is 0 Å². The van der Waals surface area contributed by atoms with Crippen LogP contribution in [0.25, 0.3) is 0 Å². The minimum atomic E-state index is -3.31. The lowest BCUT2D eigenvalue weighted by atomic mass is 9.81. The zero-order valence-electron chi connectivity index (χ0n) is 13.5. The monoisotopic (exact) mass is 317 g/mol. The Bertz CT molecular complexity index is 409. The molecule has 2 atom stereocenters. The third-order valence-corrected chi connectivity index (χ3v) is 6.42. The fourth-order valence-corrected chi connectivity index (χ4v) is 4.05. The molecule has 0 aromatic rings. The van der Waals surface area contributed by atoms with Gasteiger partial charge in [-0.3, -0.25) is 0 Å². The SMILES string of the molecule is CC1CCCCC1CNS(=O)(=O)N(C)CCCNC1CC1. The van der Waals surface area contributed by atoms with Crippen LogP contribution in [-0.2, 0) is 10.2 Å². The fourth-order valence-electron chi connectivity index (χ4n) is 3.03. The minimum Gasteiger partial charge on any atom is -0.314 e. The van der Waals surface area contributed by atoms with E-state index in [1.165, 1.54) is 36.4 Å². The lowest BCUT2D eigenvalue weighted by Crippen LogP contribution is -2.42. The average Bonchev–Trinajstić information content (AvgIpc) is 3.26. The topological polar surface area (TPSA) is 61.4 Å². The molecule has 0 radical (unpaired) electrons. The second-order valence-electron chi connectivity index (χ2n) is 6.78. The van der Waals surface area contributed by atoms with Gasteiger partial charge in [-0.2, -0.15) is 12.7 Å². The Morgan fingerprint density at radius 3 is 2.52 bits per heavy atom. The highest BCUT2D eigenvalue weighted by atomic mass is 32.2. The van der Waals surface area contributed by atoms with E-state index >= 15 is 0 Å². The van der Waals surface area contributed by atoms with Gasteiger partial charge >= 0.3 is 0 Å². The van der Waals surface area contributed by atoms with Crippen molar-refractivity contribution in [2.45, 2.75) is 57.9 Å². The molecule has 0 amide bonds.